The highest BCUT2D eigenvalue weighted by Gasteiger charge is 2.18. The molecule has 1 N–H and O–H groups in total. The zero-order valence-corrected chi connectivity index (χ0v) is 15.4. The Balaban J connectivity index is 1.66. The molecular weight excluding hydrogens is 419 g/mol. The highest BCUT2D eigenvalue weighted by atomic mass is 127. The summed E-state index contributed by atoms with van der Waals surface area (Å²) in [5, 5.41) is 15.0. The summed E-state index contributed by atoms with van der Waals surface area (Å²) in [6.45, 7) is 1.53. The van der Waals surface area contributed by atoms with E-state index in [-0.39, 0.29) is 12.8 Å². The number of rotatable bonds is 4. The molecular formula is C17H19IN4O2. The van der Waals surface area contributed by atoms with Crippen LogP contribution in [0.4, 0.5) is 0 Å². The summed E-state index contributed by atoms with van der Waals surface area (Å²) in [5.74, 6) is 0.719. The van der Waals surface area contributed by atoms with Crippen molar-refractivity contribution in [3.63, 3.8) is 0 Å². The van der Waals surface area contributed by atoms with E-state index in [0.717, 1.165) is 45.3 Å². The summed E-state index contributed by atoms with van der Waals surface area (Å²) in [7, 11) is 0. The van der Waals surface area contributed by atoms with Gasteiger partial charge in [-0.05, 0) is 60.1 Å². The van der Waals surface area contributed by atoms with Crippen LogP contribution in [0.15, 0.2) is 30.7 Å². The molecule has 1 aliphatic heterocycles. The first-order valence-corrected chi connectivity index (χ1v) is 9.26. The van der Waals surface area contributed by atoms with Crippen LogP contribution in [-0.4, -0.2) is 37.7 Å². The molecule has 3 aromatic rings. The van der Waals surface area contributed by atoms with Crippen LogP contribution in [-0.2, 0) is 11.3 Å². The molecule has 1 aromatic carbocycles. The summed E-state index contributed by atoms with van der Waals surface area (Å²) >= 11 is 2.33. The van der Waals surface area contributed by atoms with Crippen LogP contribution in [0.3, 0.4) is 0 Å². The van der Waals surface area contributed by atoms with Gasteiger partial charge in [-0.1, -0.05) is 0 Å². The van der Waals surface area contributed by atoms with E-state index >= 15 is 0 Å². The second kappa shape index (κ2) is 6.81. The van der Waals surface area contributed by atoms with E-state index in [9.17, 15) is 5.11 Å². The Morgan fingerprint density at radius 3 is 3.04 bits per heavy atom. The first-order valence-electron chi connectivity index (χ1n) is 8.18. The number of aliphatic hydroxyl groups is 1. The van der Waals surface area contributed by atoms with Crippen LogP contribution >= 0.6 is 22.6 Å². The maximum Gasteiger partial charge on any atom is 0.181 e. The minimum absolute atomic E-state index is 0.00880. The van der Waals surface area contributed by atoms with E-state index < -0.39 is 0 Å². The van der Waals surface area contributed by atoms with Gasteiger partial charge in [0.2, 0.25) is 0 Å². The second-order valence-corrected chi connectivity index (χ2v) is 7.16. The SMILES string of the molecule is OCCn1cc(I)c2cc(-c3ncn(C4CCCCO4)n3)ccc21. The third kappa shape index (κ3) is 2.96. The van der Waals surface area contributed by atoms with Crippen molar-refractivity contribution in [1.29, 1.82) is 0 Å². The molecule has 1 fully saturated rings. The van der Waals surface area contributed by atoms with Crippen molar-refractivity contribution in [1.82, 2.24) is 19.3 Å². The Labute approximate surface area is 153 Å². The normalized spacial score (nSPS) is 18.3. The number of hydrogen-bond acceptors (Lipinski definition) is 4. The zero-order chi connectivity index (χ0) is 16.5. The van der Waals surface area contributed by atoms with Crippen molar-refractivity contribution in [3.8, 4) is 11.4 Å². The maximum absolute atomic E-state index is 9.19. The molecule has 0 saturated carbocycles. The van der Waals surface area contributed by atoms with E-state index in [1.54, 1.807) is 6.33 Å². The standard InChI is InChI=1S/C17H19IN4O2/c18-14-10-21(6-7-23)15-5-4-12(9-13(14)15)17-19-11-22(20-17)16-3-1-2-8-24-16/h4-5,9-11,16,23H,1-3,6-8H2. The molecule has 0 radical (unpaired) electrons. The number of nitrogens with zero attached hydrogens (tertiary/aromatic N) is 4. The number of aromatic nitrogens is 4. The molecule has 0 amide bonds. The van der Waals surface area contributed by atoms with Crippen LogP contribution in [0.25, 0.3) is 22.3 Å². The summed E-state index contributed by atoms with van der Waals surface area (Å²) in [5.41, 5.74) is 2.11. The molecule has 0 aliphatic carbocycles. The first-order chi connectivity index (χ1) is 11.8. The number of fused-ring (bicyclic) bond motifs is 1. The van der Waals surface area contributed by atoms with Gasteiger partial charge >= 0.3 is 0 Å². The van der Waals surface area contributed by atoms with Gasteiger partial charge in [0.05, 0.1) is 6.61 Å². The lowest BCUT2D eigenvalue weighted by atomic mass is 10.1. The fraction of sp³-hybridized carbons (Fsp3) is 0.412. The minimum atomic E-state index is 0.00880. The third-order valence-electron chi connectivity index (χ3n) is 4.39. The average Bonchev–Trinajstić information content (AvgIpc) is 3.22. The quantitative estimate of drug-likeness (QED) is 0.636. The van der Waals surface area contributed by atoms with Crippen LogP contribution in [0, 0.1) is 3.57 Å². The van der Waals surface area contributed by atoms with Crippen LogP contribution in [0.5, 0.6) is 0 Å². The summed E-state index contributed by atoms with van der Waals surface area (Å²) in [6, 6.07) is 6.22. The summed E-state index contributed by atoms with van der Waals surface area (Å²) in [6.07, 6.45) is 7.11. The van der Waals surface area contributed by atoms with E-state index in [0.29, 0.717) is 6.54 Å². The Kier molecular flexibility index (Phi) is 4.55. The van der Waals surface area contributed by atoms with Crippen molar-refractivity contribution >= 4 is 33.5 Å². The van der Waals surface area contributed by atoms with E-state index in [1.165, 1.54) is 6.42 Å². The molecule has 0 spiro atoms. The number of ether oxygens (including phenoxy) is 1. The smallest absolute Gasteiger partial charge is 0.181 e. The molecule has 3 heterocycles. The fourth-order valence-corrected chi connectivity index (χ4v) is 3.93. The van der Waals surface area contributed by atoms with Gasteiger partial charge < -0.3 is 14.4 Å². The Hall–Kier alpha value is -1.45. The molecule has 0 bridgehead atoms. The monoisotopic (exact) mass is 438 g/mol. The highest BCUT2D eigenvalue weighted by molar-refractivity contribution is 14.1. The number of benzene rings is 1. The largest absolute Gasteiger partial charge is 0.395 e. The predicted octanol–water partition coefficient (Wildman–Crippen LogP) is 3.20. The van der Waals surface area contributed by atoms with Gasteiger partial charge in [0.25, 0.3) is 0 Å². The van der Waals surface area contributed by atoms with Gasteiger partial charge in [0.1, 0.15) is 6.33 Å². The molecule has 24 heavy (non-hydrogen) atoms. The van der Waals surface area contributed by atoms with Crippen LogP contribution in [0.1, 0.15) is 25.5 Å². The van der Waals surface area contributed by atoms with E-state index in [2.05, 4.69) is 55.6 Å². The Morgan fingerprint density at radius 2 is 2.25 bits per heavy atom. The first kappa shape index (κ1) is 16.0. The lowest BCUT2D eigenvalue weighted by Gasteiger charge is -2.21. The van der Waals surface area contributed by atoms with Crippen LogP contribution in [0.2, 0.25) is 0 Å². The summed E-state index contributed by atoms with van der Waals surface area (Å²) in [4.78, 5) is 4.46. The minimum Gasteiger partial charge on any atom is -0.395 e. The van der Waals surface area contributed by atoms with Gasteiger partial charge in [0.15, 0.2) is 12.1 Å². The highest BCUT2D eigenvalue weighted by Crippen LogP contribution is 2.28. The van der Waals surface area contributed by atoms with E-state index in [1.807, 2.05) is 10.7 Å². The lowest BCUT2D eigenvalue weighted by Crippen LogP contribution is -2.18. The van der Waals surface area contributed by atoms with Gasteiger partial charge in [-0.25, -0.2) is 9.67 Å². The topological polar surface area (TPSA) is 65.1 Å². The number of halogens is 1. The Morgan fingerprint density at radius 1 is 1.33 bits per heavy atom. The van der Waals surface area contributed by atoms with Crippen molar-refractivity contribution in [2.24, 2.45) is 0 Å². The number of aliphatic hydroxyl groups excluding tert-OH is 1. The molecule has 1 unspecified atom stereocenters. The average molecular weight is 438 g/mol. The Bertz CT molecular complexity index is 852. The second-order valence-electron chi connectivity index (χ2n) is 6.00. The zero-order valence-electron chi connectivity index (χ0n) is 13.2. The molecule has 1 aliphatic rings. The van der Waals surface area contributed by atoms with E-state index in [4.69, 9.17) is 4.74 Å². The molecule has 4 rings (SSSR count). The van der Waals surface area contributed by atoms with Crippen LogP contribution < -0.4 is 0 Å². The van der Waals surface area contributed by atoms with Crippen molar-refractivity contribution in [2.75, 3.05) is 13.2 Å². The molecule has 126 valence electrons. The fourth-order valence-electron chi connectivity index (χ4n) is 3.16. The maximum atomic E-state index is 9.19. The molecule has 1 atom stereocenters. The summed E-state index contributed by atoms with van der Waals surface area (Å²) < 4.78 is 10.8. The van der Waals surface area contributed by atoms with Crippen molar-refractivity contribution in [2.45, 2.75) is 32.0 Å². The molecule has 6 nitrogen and oxygen atoms in total. The van der Waals surface area contributed by atoms with Gasteiger partial charge in [0, 0.05) is 39.4 Å². The number of hydrogen-bond donors (Lipinski definition) is 1. The third-order valence-corrected chi connectivity index (χ3v) is 5.25. The molecule has 1 saturated heterocycles. The van der Waals surface area contributed by atoms with Gasteiger partial charge in [-0.2, -0.15) is 0 Å². The molecule has 2 aromatic heterocycles. The van der Waals surface area contributed by atoms with Gasteiger partial charge in [-0.15, -0.1) is 5.10 Å². The molecule has 7 heteroatoms. The lowest BCUT2D eigenvalue weighted by molar-refractivity contribution is -0.0395. The predicted molar refractivity (Wildman–Crippen MR) is 99.6 cm³/mol. The van der Waals surface area contributed by atoms with Crippen molar-refractivity contribution < 1.29 is 9.84 Å². The van der Waals surface area contributed by atoms with Gasteiger partial charge in [-0.3, -0.25) is 0 Å². The van der Waals surface area contributed by atoms with Crippen molar-refractivity contribution in [3.05, 3.63) is 34.3 Å².